The summed E-state index contributed by atoms with van der Waals surface area (Å²) in [7, 11) is 0. The van der Waals surface area contributed by atoms with Gasteiger partial charge in [0.2, 0.25) is 5.91 Å². The molecule has 0 spiro atoms. The van der Waals surface area contributed by atoms with E-state index in [1.54, 1.807) is 12.1 Å². The molecule has 1 N–H and O–H groups in total. The Balaban J connectivity index is 2.16. The molecule has 1 aromatic heterocycles. The van der Waals surface area contributed by atoms with Crippen molar-refractivity contribution in [2.24, 2.45) is 0 Å². The minimum Gasteiger partial charge on any atom is -0.309 e. The molecule has 28 heavy (non-hydrogen) atoms. The number of benzene rings is 1. The SMILES string of the molecule is CCCCCCC(Cl)CC(=O)Nc1c(C#N)cnn1-c1ccc(Cl)c(Cl)c1Cl. The Morgan fingerprint density at radius 1 is 1.25 bits per heavy atom. The van der Waals surface area contributed by atoms with Gasteiger partial charge in [0.25, 0.3) is 0 Å². The molecule has 5 nitrogen and oxygen atoms in total. The molecule has 150 valence electrons. The van der Waals surface area contributed by atoms with Crippen molar-refractivity contribution in [1.29, 1.82) is 5.26 Å². The smallest absolute Gasteiger partial charge is 0.227 e. The Morgan fingerprint density at radius 3 is 2.68 bits per heavy atom. The Bertz CT molecular complexity index is 876. The van der Waals surface area contributed by atoms with Crippen LogP contribution in [0, 0.1) is 11.3 Å². The van der Waals surface area contributed by atoms with Crippen molar-refractivity contribution in [2.45, 2.75) is 50.8 Å². The van der Waals surface area contributed by atoms with Crippen molar-refractivity contribution in [1.82, 2.24) is 9.78 Å². The van der Waals surface area contributed by atoms with Gasteiger partial charge in [0.05, 0.1) is 27.0 Å². The van der Waals surface area contributed by atoms with E-state index in [1.165, 1.54) is 10.9 Å². The van der Waals surface area contributed by atoms with Crippen molar-refractivity contribution in [3.63, 3.8) is 0 Å². The van der Waals surface area contributed by atoms with Gasteiger partial charge in [0.1, 0.15) is 11.6 Å². The first-order valence-electron chi connectivity index (χ1n) is 8.94. The second-order valence-corrected chi connectivity index (χ2v) is 8.10. The summed E-state index contributed by atoms with van der Waals surface area (Å²) in [6.07, 6.45) is 6.63. The van der Waals surface area contributed by atoms with Crippen LogP contribution in [-0.4, -0.2) is 21.1 Å². The van der Waals surface area contributed by atoms with Gasteiger partial charge < -0.3 is 5.32 Å². The summed E-state index contributed by atoms with van der Waals surface area (Å²) in [6.45, 7) is 2.14. The van der Waals surface area contributed by atoms with E-state index >= 15 is 0 Å². The van der Waals surface area contributed by atoms with Crippen LogP contribution in [0.1, 0.15) is 51.0 Å². The summed E-state index contributed by atoms with van der Waals surface area (Å²) < 4.78 is 1.35. The molecule has 0 aliphatic rings. The predicted octanol–water partition coefficient (Wildman–Crippen LogP) is 6.61. The molecule has 2 aromatic rings. The fourth-order valence-electron chi connectivity index (χ4n) is 2.69. The van der Waals surface area contributed by atoms with E-state index in [0.29, 0.717) is 10.7 Å². The fourth-order valence-corrected chi connectivity index (χ4v) is 3.60. The number of rotatable bonds is 9. The minimum absolute atomic E-state index is 0.138. The average molecular weight is 462 g/mol. The maximum absolute atomic E-state index is 12.4. The molecule has 9 heteroatoms. The minimum atomic E-state index is -0.301. The van der Waals surface area contributed by atoms with Crippen molar-refractivity contribution in [3.8, 4) is 11.8 Å². The van der Waals surface area contributed by atoms with Crippen LogP contribution >= 0.6 is 46.4 Å². The first-order valence-corrected chi connectivity index (χ1v) is 10.5. The highest BCUT2D eigenvalue weighted by molar-refractivity contribution is 6.48. The predicted molar refractivity (Wildman–Crippen MR) is 115 cm³/mol. The first kappa shape index (κ1) is 22.8. The number of aromatic nitrogens is 2. The third-order valence-corrected chi connectivity index (χ3v) is 5.82. The number of unbranched alkanes of at least 4 members (excludes halogenated alkanes) is 3. The molecule has 0 saturated carbocycles. The van der Waals surface area contributed by atoms with E-state index in [0.717, 1.165) is 32.1 Å². The maximum atomic E-state index is 12.4. The van der Waals surface area contributed by atoms with Gasteiger partial charge >= 0.3 is 0 Å². The second-order valence-electron chi connectivity index (χ2n) is 6.32. The highest BCUT2D eigenvalue weighted by Crippen LogP contribution is 2.36. The average Bonchev–Trinajstić information content (AvgIpc) is 3.05. The van der Waals surface area contributed by atoms with Gasteiger partial charge in [0, 0.05) is 11.8 Å². The van der Waals surface area contributed by atoms with Gasteiger partial charge in [-0.15, -0.1) is 11.6 Å². The Morgan fingerprint density at radius 2 is 2.00 bits per heavy atom. The lowest BCUT2D eigenvalue weighted by Crippen LogP contribution is -2.19. The number of halogens is 4. The highest BCUT2D eigenvalue weighted by Gasteiger charge is 2.20. The number of amides is 1. The topological polar surface area (TPSA) is 70.7 Å². The van der Waals surface area contributed by atoms with Crippen LogP contribution in [0.2, 0.25) is 15.1 Å². The van der Waals surface area contributed by atoms with Crippen molar-refractivity contribution in [3.05, 3.63) is 39.0 Å². The highest BCUT2D eigenvalue weighted by atomic mass is 35.5. The normalized spacial score (nSPS) is 11.9. The second kappa shape index (κ2) is 10.9. The molecule has 2 rings (SSSR count). The Labute approximate surface area is 184 Å². The summed E-state index contributed by atoms with van der Waals surface area (Å²) in [6, 6.07) is 5.18. The number of carbonyl (C=O) groups excluding carboxylic acids is 1. The Hall–Kier alpha value is -1.45. The molecule has 1 aromatic carbocycles. The summed E-state index contributed by atoms with van der Waals surface area (Å²) in [5, 5.41) is 16.6. The van der Waals surface area contributed by atoms with Crippen molar-refractivity contribution in [2.75, 3.05) is 5.32 Å². The van der Waals surface area contributed by atoms with Crippen LogP contribution in [0.5, 0.6) is 0 Å². The van der Waals surface area contributed by atoms with E-state index in [-0.39, 0.29) is 39.1 Å². The number of hydrogen-bond donors (Lipinski definition) is 1. The lowest BCUT2D eigenvalue weighted by molar-refractivity contribution is -0.116. The zero-order chi connectivity index (χ0) is 20.7. The van der Waals surface area contributed by atoms with E-state index in [4.69, 9.17) is 46.4 Å². The monoisotopic (exact) mass is 460 g/mol. The van der Waals surface area contributed by atoms with E-state index < -0.39 is 0 Å². The molecule has 0 bridgehead atoms. The van der Waals surface area contributed by atoms with E-state index in [2.05, 4.69) is 17.3 Å². The maximum Gasteiger partial charge on any atom is 0.227 e. The van der Waals surface area contributed by atoms with Gasteiger partial charge in [-0.1, -0.05) is 67.4 Å². The molecule has 1 heterocycles. The van der Waals surface area contributed by atoms with E-state index in [1.807, 2.05) is 6.07 Å². The zero-order valence-corrected chi connectivity index (χ0v) is 18.3. The third kappa shape index (κ3) is 5.78. The number of nitrogens with one attached hydrogen (secondary N) is 1. The molecular formula is C19H20Cl4N4O. The number of hydrogen-bond acceptors (Lipinski definition) is 3. The van der Waals surface area contributed by atoms with Crippen LogP contribution in [0.4, 0.5) is 5.82 Å². The van der Waals surface area contributed by atoms with Gasteiger partial charge in [-0.3, -0.25) is 4.79 Å². The first-order chi connectivity index (χ1) is 13.4. The third-order valence-electron chi connectivity index (χ3n) is 4.17. The molecule has 0 saturated heterocycles. The summed E-state index contributed by atoms with van der Waals surface area (Å²) >= 11 is 24.6. The summed E-state index contributed by atoms with van der Waals surface area (Å²) in [5.74, 6) is -0.0902. The zero-order valence-electron chi connectivity index (χ0n) is 15.3. The van der Waals surface area contributed by atoms with Crippen molar-refractivity contribution >= 4 is 58.1 Å². The molecular weight excluding hydrogens is 442 g/mol. The van der Waals surface area contributed by atoms with Gasteiger partial charge in [-0.05, 0) is 18.6 Å². The number of nitrogens with zero attached hydrogens (tertiary/aromatic N) is 3. The fraction of sp³-hybridized carbons (Fsp3) is 0.421. The number of carbonyl (C=O) groups is 1. The lowest BCUT2D eigenvalue weighted by Gasteiger charge is -2.13. The summed E-state index contributed by atoms with van der Waals surface area (Å²) in [5.41, 5.74) is 0.597. The number of alkyl halides is 1. The largest absolute Gasteiger partial charge is 0.309 e. The molecule has 0 aliphatic heterocycles. The number of nitriles is 1. The van der Waals surface area contributed by atoms with Crippen LogP contribution in [0.3, 0.4) is 0 Å². The van der Waals surface area contributed by atoms with Crippen LogP contribution in [0.25, 0.3) is 5.69 Å². The molecule has 1 atom stereocenters. The molecule has 1 amide bonds. The quantitative estimate of drug-likeness (QED) is 0.259. The van der Waals surface area contributed by atoms with Crippen molar-refractivity contribution < 1.29 is 4.79 Å². The number of anilines is 1. The lowest BCUT2D eigenvalue weighted by atomic mass is 10.1. The standard InChI is InChI=1S/C19H20Cl4N4O/c1-2-3-4-5-6-13(20)9-16(28)26-19-12(10-24)11-25-27(19)15-8-7-14(21)17(22)18(15)23/h7-8,11,13H,2-6,9H2,1H3,(H,26,28). The van der Waals surface area contributed by atoms with Gasteiger partial charge in [-0.2, -0.15) is 10.4 Å². The van der Waals surface area contributed by atoms with Gasteiger partial charge in [-0.25, -0.2) is 4.68 Å². The summed E-state index contributed by atoms with van der Waals surface area (Å²) in [4.78, 5) is 12.4. The van der Waals surface area contributed by atoms with Crippen LogP contribution < -0.4 is 5.32 Å². The molecule has 1 unspecified atom stereocenters. The van der Waals surface area contributed by atoms with E-state index in [9.17, 15) is 10.1 Å². The van der Waals surface area contributed by atoms with Gasteiger partial charge in [0.15, 0.2) is 5.82 Å². The Kier molecular flexibility index (Phi) is 8.91. The molecule has 0 fully saturated rings. The molecule has 0 aliphatic carbocycles. The molecule has 0 radical (unpaired) electrons. The van der Waals surface area contributed by atoms with Crippen LogP contribution in [0.15, 0.2) is 18.3 Å². The van der Waals surface area contributed by atoms with Crippen LogP contribution in [-0.2, 0) is 4.79 Å².